The van der Waals surface area contributed by atoms with Crippen molar-refractivity contribution in [3.8, 4) is 0 Å². The average molecular weight is 282 g/mol. The lowest BCUT2D eigenvalue weighted by molar-refractivity contribution is 0.268. The average Bonchev–Trinajstić information content (AvgIpc) is 2.96. The minimum absolute atomic E-state index is 0.0607. The highest BCUT2D eigenvalue weighted by Crippen LogP contribution is 2.18. The van der Waals surface area contributed by atoms with Crippen molar-refractivity contribution in [1.82, 2.24) is 25.2 Å². The first kappa shape index (κ1) is 13.9. The Balaban J connectivity index is 1.85. The maximum atomic E-state index is 8.79. The molecule has 2 N–H and O–H groups in total. The Bertz CT molecular complexity index is 509. The molecule has 2 rings (SSSR count). The van der Waals surface area contributed by atoms with E-state index in [4.69, 9.17) is 5.11 Å². The van der Waals surface area contributed by atoms with Gasteiger partial charge in [0.15, 0.2) is 0 Å². The maximum Gasteiger partial charge on any atom is 0.205 e. The summed E-state index contributed by atoms with van der Waals surface area (Å²) in [5.74, 6) is 0.583. The molecule has 0 saturated carbocycles. The van der Waals surface area contributed by atoms with E-state index in [1.807, 2.05) is 0 Å². The molecule has 0 amide bonds. The van der Waals surface area contributed by atoms with Crippen molar-refractivity contribution < 1.29 is 5.11 Å². The van der Waals surface area contributed by atoms with Crippen molar-refractivity contribution >= 4 is 16.5 Å². The van der Waals surface area contributed by atoms with Crippen LogP contribution in [-0.2, 0) is 19.5 Å². The minimum Gasteiger partial charge on any atom is -0.394 e. The zero-order chi connectivity index (χ0) is 13.7. The minimum atomic E-state index is 0.0607. The second-order valence-electron chi connectivity index (χ2n) is 4.65. The number of nitrogens with zero attached hydrogens (tertiary/aromatic N) is 5. The summed E-state index contributed by atoms with van der Waals surface area (Å²) in [5, 5.41) is 29.9. The van der Waals surface area contributed by atoms with Crippen molar-refractivity contribution in [1.29, 1.82) is 0 Å². The summed E-state index contributed by atoms with van der Waals surface area (Å²) in [6, 6.07) is 0. The van der Waals surface area contributed by atoms with Crippen molar-refractivity contribution in [3.63, 3.8) is 0 Å². The van der Waals surface area contributed by atoms with Crippen molar-refractivity contribution in [2.45, 2.75) is 33.4 Å². The molecule has 0 aromatic carbocycles. The Labute approximate surface area is 115 Å². The highest BCUT2D eigenvalue weighted by Gasteiger charge is 2.07. The zero-order valence-electron chi connectivity index (χ0n) is 11.1. The molecule has 19 heavy (non-hydrogen) atoms. The van der Waals surface area contributed by atoms with Crippen LogP contribution in [0.1, 0.15) is 24.5 Å². The van der Waals surface area contributed by atoms with E-state index >= 15 is 0 Å². The van der Waals surface area contributed by atoms with Gasteiger partial charge in [-0.1, -0.05) is 30.4 Å². The van der Waals surface area contributed by atoms with Crippen LogP contribution in [0.4, 0.5) is 5.13 Å². The van der Waals surface area contributed by atoms with E-state index in [1.54, 1.807) is 22.2 Å². The Morgan fingerprint density at radius 1 is 1.37 bits per heavy atom. The van der Waals surface area contributed by atoms with Gasteiger partial charge in [-0.05, 0) is 5.92 Å². The molecule has 0 saturated heterocycles. The summed E-state index contributed by atoms with van der Waals surface area (Å²) in [7, 11) is 0. The molecule has 0 bridgehead atoms. The molecule has 0 aliphatic heterocycles. The van der Waals surface area contributed by atoms with Gasteiger partial charge < -0.3 is 10.4 Å². The second kappa shape index (κ2) is 6.58. The fourth-order valence-electron chi connectivity index (χ4n) is 1.55. The van der Waals surface area contributed by atoms with Crippen LogP contribution in [0.25, 0.3) is 0 Å². The lowest BCUT2D eigenvalue weighted by Gasteiger charge is -1.98. The van der Waals surface area contributed by atoms with E-state index in [9.17, 15) is 0 Å². The summed E-state index contributed by atoms with van der Waals surface area (Å²) in [4.78, 5) is 0. The highest BCUT2D eigenvalue weighted by molar-refractivity contribution is 7.15. The molecule has 0 spiro atoms. The molecule has 0 radical (unpaired) electrons. The van der Waals surface area contributed by atoms with E-state index in [2.05, 4.69) is 39.7 Å². The number of nitrogens with one attached hydrogen (secondary N) is 1. The Morgan fingerprint density at radius 3 is 2.95 bits per heavy atom. The quantitative estimate of drug-likeness (QED) is 0.785. The first-order chi connectivity index (χ1) is 9.17. The van der Waals surface area contributed by atoms with Crippen LogP contribution >= 0.6 is 11.3 Å². The normalized spacial score (nSPS) is 11.2. The molecule has 7 nitrogen and oxygen atoms in total. The highest BCUT2D eigenvalue weighted by atomic mass is 32.1. The van der Waals surface area contributed by atoms with Crippen LogP contribution in [0.15, 0.2) is 6.20 Å². The number of hydrogen-bond acceptors (Lipinski definition) is 7. The van der Waals surface area contributed by atoms with Crippen LogP contribution in [0, 0.1) is 5.92 Å². The van der Waals surface area contributed by atoms with Crippen LogP contribution in [0.5, 0.6) is 0 Å². The molecule has 2 aromatic heterocycles. The standard InChI is InChI=1S/C11H18N6OS/c1-8(2)5-10-14-15-11(19-10)12-6-9-7-17(3-4-18)16-13-9/h7-8,18H,3-6H2,1-2H3,(H,12,15). The molecular formula is C11H18N6OS. The van der Waals surface area contributed by atoms with Gasteiger partial charge in [-0.25, -0.2) is 4.68 Å². The van der Waals surface area contributed by atoms with E-state index in [-0.39, 0.29) is 6.61 Å². The largest absolute Gasteiger partial charge is 0.394 e. The molecule has 8 heteroatoms. The first-order valence-electron chi connectivity index (χ1n) is 6.23. The van der Waals surface area contributed by atoms with Gasteiger partial charge >= 0.3 is 0 Å². The molecular weight excluding hydrogens is 264 g/mol. The first-order valence-corrected chi connectivity index (χ1v) is 7.05. The SMILES string of the molecule is CC(C)Cc1nnc(NCc2cn(CCO)nn2)s1. The summed E-state index contributed by atoms with van der Waals surface area (Å²) in [5.41, 5.74) is 0.814. The van der Waals surface area contributed by atoms with Gasteiger partial charge in [0.25, 0.3) is 0 Å². The van der Waals surface area contributed by atoms with Gasteiger partial charge in [-0.15, -0.1) is 15.3 Å². The third kappa shape index (κ3) is 4.25. The van der Waals surface area contributed by atoms with Crippen molar-refractivity contribution in [2.24, 2.45) is 5.92 Å². The predicted molar refractivity (Wildman–Crippen MR) is 72.9 cm³/mol. The third-order valence-corrected chi connectivity index (χ3v) is 3.29. The molecule has 104 valence electrons. The van der Waals surface area contributed by atoms with Crippen molar-refractivity contribution in [3.05, 3.63) is 16.9 Å². The fourth-order valence-corrected chi connectivity index (χ4v) is 2.50. The van der Waals surface area contributed by atoms with Crippen LogP contribution in [0.3, 0.4) is 0 Å². The zero-order valence-corrected chi connectivity index (χ0v) is 11.9. The smallest absolute Gasteiger partial charge is 0.205 e. The number of aliphatic hydroxyl groups excluding tert-OH is 1. The van der Waals surface area contributed by atoms with Gasteiger partial charge in [0, 0.05) is 6.42 Å². The van der Waals surface area contributed by atoms with Gasteiger partial charge in [0.2, 0.25) is 5.13 Å². The Morgan fingerprint density at radius 2 is 2.21 bits per heavy atom. The second-order valence-corrected chi connectivity index (χ2v) is 5.71. The van der Waals surface area contributed by atoms with E-state index in [0.717, 1.165) is 22.3 Å². The molecule has 0 fully saturated rings. The van der Waals surface area contributed by atoms with E-state index in [1.165, 1.54) is 0 Å². The van der Waals surface area contributed by atoms with Gasteiger partial charge in [0.05, 0.1) is 25.9 Å². The lowest BCUT2D eigenvalue weighted by Crippen LogP contribution is -2.02. The van der Waals surface area contributed by atoms with Crippen LogP contribution in [-0.4, -0.2) is 36.9 Å². The summed E-state index contributed by atoms with van der Waals surface area (Å²) in [6.07, 6.45) is 2.76. The number of rotatable bonds is 7. The third-order valence-electron chi connectivity index (χ3n) is 2.39. The maximum absolute atomic E-state index is 8.79. The summed E-state index contributed by atoms with van der Waals surface area (Å²) >= 11 is 1.57. The number of aromatic nitrogens is 5. The molecule has 0 aliphatic rings. The number of anilines is 1. The van der Waals surface area contributed by atoms with Gasteiger partial charge in [-0.2, -0.15) is 0 Å². The predicted octanol–water partition coefficient (Wildman–Crippen LogP) is 0.932. The lowest BCUT2D eigenvalue weighted by atomic mass is 10.1. The summed E-state index contributed by atoms with van der Waals surface area (Å²) < 4.78 is 1.61. The molecule has 0 atom stereocenters. The molecule has 0 aliphatic carbocycles. The van der Waals surface area contributed by atoms with Crippen molar-refractivity contribution in [2.75, 3.05) is 11.9 Å². The Hall–Kier alpha value is -1.54. The number of aliphatic hydroxyl groups is 1. The summed E-state index contributed by atoms with van der Waals surface area (Å²) in [6.45, 7) is 5.40. The topological polar surface area (TPSA) is 88.8 Å². The van der Waals surface area contributed by atoms with E-state index < -0.39 is 0 Å². The van der Waals surface area contributed by atoms with Crippen LogP contribution in [0.2, 0.25) is 0 Å². The molecule has 0 unspecified atom stereocenters. The Kier molecular flexibility index (Phi) is 4.80. The van der Waals surface area contributed by atoms with Gasteiger partial charge in [0.1, 0.15) is 10.7 Å². The van der Waals surface area contributed by atoms with E-state index in [0.29, 0.717) is 19.0 Å². The van der Waals surface area contributed by atoms with Gasteiger partial charge in [-0.3, -0.25) is 0 Å². The fraction of sp³-hybridized carbons (Fsp3) is 0.636. The number of hydrogen-bond donors (Lipinski definition) is 2. The molecule has 2 aromatic rings. The van der Waals surface area contributed by atoms with Crippen LogP contribution < -0.4 is 5.32 Å². The monoisotopic (exact) mass is 282 g/mol. The molecule has 2 heterocycles.